The summed E-state index contributed by atoms with van der Waals surface area (Å²) in [6.07, 6.45) is 2.43. The quantitative estimate of drug-likeness (QED) is 0.794. The molecule has 0 fully saturated rings. The first-order valence-corrected chi connectivity index (χ1v) is 6.68. The Morgan fingerprint density at radius 2 is 1.74 bits per heavy atom. The minimum absolute atomic E-state index is 0.0920. The predicted octanol–water partition coefficient (Wildman–Crippen LogP) is 2.48. The van der Waals surface area contributed by atoms with Crippen LogP contribution in [0, 0.1) is 5.92 Å². The van der Waals surface area contributed by atoms with E-state index in [0.29, 0.717) is 13.0 Å². The van der Waals surface area contributed by atoms with Crippen molar-refractivity contribution in [3.05, 3.63) is 35.4 Å². The van der Waals surface area contributed by atoms with Gasteiger partial charge in [0.05, 0.1) is 5.56 Å². The summed E-state index contributed by atoms with van der Waals surface area (Å²) in [5, 5.41) is 11.7. The largest absolute Gasteiger partial charge is 0.478 e. The lowest BCUT2D eigenvalue weighted by atomic mass is 10.0. The van der Waals surface area contributed by atoms with Crippen LogP contribution in [0.3, 0.4) is 0 Å². The van der Waals surface area contributed by atoms with Gasteiger partial charge in [0.2, 0.25) is 5.91 Å². The van der Waals surface area contributed by atoms with E-state index in [-0.39, 0.29) is 17.4 Å². The number of nitrogens with one attached hydrogen (secondary N) is 1. The monoisotopic (exact) mass is 263 g/mol. The molecule has 4 nitrogen and oxygen atoms in total. The van der Waals surface area contributed by atoms with Gasteiger partial charge in [-0.15, -0.1) is 0 Å². The van der Waals surface area contributed by atoms with E-state index < -0.39 is 5.97 Å². The summed E-state index contributed by atoms with van der Waals surface area (Å²) in [5.41, 5.74) is 1.31. The van der Waals surface area contributed by atoms with Gasteiger partial charge in [-0.1, -0.05) is 26.0 Å². The molecular weight excluding hydrogens is 242 g/mol. The van der Waals surface area contributed by atoms with E-state index in [4.69, 9.17) is 5.11 Å². The van der Waals surface area contributed by atoms with Gasteiger partial charge in [0.25, 0.3) is 0 Å². The molecule has 0 spiro atoms. The first-order chi connectivity index (χ1) is 9.08. The van der Waals surface area contributed by atoms with Crippen LogP contribution >= 0.6 is 0 Å². The van der Waals surface area contributed by atoms with E-state index in [1.165, 1.54) is 0 Å². The number of carbonyl (C=O) groups is 2. The summed E-state index contributed by atoms with van der Waals surface area (Å²) in [4.78, 5) is 22.4. The lowest BCUT2D eigenvalue weighted by molar-refractivity contribution is -0.125. The van der Waals surface area contributed by atoms with E-state index in [1.807, 2.05) is 13.8 Å². The second-order valence-corrected chi connectivity index (χ2v) is 4.56. The van der Waals surface area contributed by atoms with Crippen molar-refractivity contribution >= 4 is 11.9 Å². The summed E-state index contributed by atoms with van der Waals surface area (Å²) < 4.78 is 0. The number of rotatable bonds is 7. The van der Waals surface area contributed by atoms with Crippen molar-refractivity contribution in [3.63, 3.8) is 0 Å². The third-order valence-corrected chi connectivity index (χ3v) is 3.27. The minimum Gasteiger partial charge on any atom is -0.478 e. The SMILES string of the molecule is CCC(CC)C(=O)NCCc1ccc(C(=O)O)cc1. The van der Waals surface area contributed by atoms with Crippen molar-refractivity contribution < 1.29 is 14.7 Å². The minimum atomic E-state index is -0.923. The molecule has 0 aliphatic rings. The Bertz CT molecular complexity index is 422. The highest BCUT2D eigenvalue weighted by Crippen LogP contribution is 2.08. The van der Waals surface area contributed by atoms with Crippen molar-refractivity contribution in [2.75, 3.05) is 6.54 Å². The van der Waals surface area contributed by atoms with Crippen LogP contribution in [-0.4, -0.2) is 23.5 Å². The fourth-order valence-electron chi connectivity index (χ4n) is 1.95. The van der Waals surface area contributed by atoms with Crippen LogP contribution in [0.4, 0.5) is 0 Å². The molecule has 0 saturated carbocycles. The summed E-state index contributed by atoms with van der Waals surface area (Å²) in [6.45, 7) is 4.61. The van der Waals surface area contributed by atoms with Gasteiger partial charge in [-0.3, -0.25) is 4.79 Å². The lowest BCUT2D eigenvalue weighted by Gasteiger charge is -2.12. The molecule has 0 radical (unpaired) electrons. The lowest BCUT2D eigenvalue weighted by Crippen LogP contribution is -2.31. The molecule has 19 heavy (non-hydrogen) atoms. The molecule has 0 heterocycles. The van der Waals surface area contributed by atoms with Crippen LogP contribution < -0.4 is 5.32 Å². The van der Waals surface area contributed by atoms with Gasteiger partial charge in [0.15, 0.2) is 0 Å². The summed E-state index contributed by atoms with van der Waals surface area (Å²) in [6, 6.07) is 6.74. The van der Waals surface area contributed by atoms with E-state index in [1.54, 1.807) is 24.3 Å². The number of benzene rings is 1. The summed E-state index contributed by atoms with van der Waals surface area (Å²) >= 11 is 0. The van der Waals surface area contributed by atoms with Crippen molar-refractivity contribution in [3.8, 4) is 0 Å². The zero-order valence-corrected chi connectivity index (χ0v) is 11.5. The molecule has 0 atom stereocenters. The molecule has 0 aromatic heterocycles. The van der Waals surface area contributed by atoms with Crippen molar-refractivity contribution in [1.82, 2.24) is 5.32 Å². The molecule has 0 saturated heterocycles. The zero-order valence-electron chi connectivity index (χ0n) is 11.5. The van der Waals surface area contributed by atoms with E-state index in [0.717, 1.165) is 18.4 Å². The van der Waals surface area contributed by atoms with Gasteiger partial charge < -0.3 is 10.4 Å². The second kappa shape index (κ2) is 7.56. The maximum Gasteiger partial charge on any atom is 0.335 e. The number of carboxylic acids is 1. The Labute approximate surface area is 113 Å². The first kappa shape index (κ1) is 15.2. The van der Waals surface area contributed by atoms with Gasteiger partial charge in [0.1, 0.15) is 0 Å². The number of hydrogen-bond acceptors (Lipinski definition) is 2. The highest BCUT2D eigenvalue weighted by molar-refractivity contribution is 5.87. The third kappa shape index (κ3) is 4.73. The molecule has 1 aromatic rings. The number of amides is 1. The first-order valence-electron chi connectivity index (χ1n) is 6.68. The molecule has 1 aromatic carbocycles. The normalized spacial score (nSPS) is 10.5. The van der Waals surface area contributed by atoms with Gasteiger partial charge >= 0.3 is 5.97 Å². The van der Waals surface area contributed by atoms with Gasteiger partial charge in [-0.25, -0.2) is 4.79 Å². The molecule has 1 amide bonds. The topological polar surface area (TPSA) is 66.4 Å². The third-order valence-electron chi connectivity index (χ3n) is 3.27. The van der Waals surface area contributed by atoms with Crippen molar-refractivity contribution in [1.29, 1.82) is 0 Å². The number of aromatic carboxylic acids is 1. The van der Waals surface area contributed by atoms with Gasteiger partial charge in [-0.2, -0.15) is 0 Å². The second-order valence-electron chi connectivity index (χ2n) is 4.56. The van der Waals surface area contributed by atoms with Crippen LogP contribution in [0.15, 0.2) is 24.3 Å². The molecule has 0 bridgehead atoms. The molecule has 0 aliphatic heterocycles. The fourth-order valence-corrected chi connectivity index (χ4v) is 1.95. The molecular formula is C15H21NO3. The molecule has 0 unspecified atom stereocenters. The highest BCUT2D eigenvalue weighted by atomic mass is 16.4. The molecule has 1 rings (SSSR count). The Morgan fingerprint density at radius 3 is 2.21 bits per heavy atom. The molecule has 4 heteroatoms. The van der Waals surface area contributed by atoms with E-state index >= 15 is 0 Å². The van der Waals surface area contributed by atoms with Crippen LogP contribution in [0.5, 0.6) is 0 Å². The molecule has 2 N–H and O–H groups in total. The number of carboxylic acid groups (broad SMARTS) is 1. The van der Waals surface area contributed by atoms with Crippen LogP contribution in [0.25, 0.3) is 0 Å². The van der Waals surface area contributed by atoms with Gasteiger partial charge in [0, 0.05) is 12.5 Å². The Kier molecular flexibility index (Phi) is 6.06. The zero-order chi connectivity index (χ0) is 14.3. The van der Waals surface area contributed by atoms with E-state index in [2.05, 4.69) is 5.32 Å². The highest BCUT2D eigenvalue weighted by Gasteiger charge is 2.12. The maximum absolute atomic E-state index is 11.8. The van der Waals surface area contributed by atoms with Crippen molar-refractivity contribution in [2.24, 2.45) is 5.92 Å². The Balaban J connectivity index is 2.41. The summed E-state index contributed by atoms with van der Waals surface area (Å²) in [7, 11) is 0. The van der Waals surface area contributed by atoms with E-state index in [9.17, 15) is 9.59 Å². The average Bonchev–Trinajstić information content (AvgIpc) is 2.40. The fraction of sp³-hybridized carbons (Fsp3) is 0.467. The van der Waals surface area contributed by atoms with Crippen molar-refractivity contribution in [2.45, 2.75) is 33.1 Å². The summed E-state index contributed by atoms with van der Waals surface area (Å²) in [5.74, 6) is -0.727. The molecule has 104 valence electrons. The standard InChI is InChI=1S/C15H21NO3/c1-3-12(4-2)14(17)16-10-9-11-5-7-13(8-6-11)15(18)19/h5-8,12H,3-4,9-10H2,1-2H3,(H,16,17)(H,18,19). The Morgan fingerprint density at radius 1 is 1.16 bits per heavy atom. The molecule has 0 aliphatic carbocycles. The predicted molar refractivity (Wildman–Crippen MR) is 74.2 cm³/mol. The van der Waals surface area contributed by atoms with Gasteiger partial charge in [-0.05, 0) is 37.0 Å². The smallest absolute Gasteiger partial charge is 0.335 e. The number of carbonyl (C=O) groups excluding carboxylic acids is 1. The number of hydrogen-bond donors (Lipinski definition) is 2. The maximum atomic E-state index is 11.8. The van der Waals surface area contributed by atoms with Crippen LogP contribution in [-0.2, 0) is 11.2 Å². The van der Waals surface area contributed by atoms with Crippen LogP contribution in [0.2, 0.25) is 0 Å². The Hall–Kier alpha value is -1.84. The van der Waals surface area contributed by atoms with Crippen LogP contribution in [0.1, 0.15) is 42.6 Å². The average molecular weight is 263 g/mol.